The van der Waals surface area contributed by atoms with E-state index in [-0.39, 0.29) is 0 Å². The van der Waals surface area contributed by atoms with Gasteiger partial charge in [0.25, 0.3) is 0 Å². The van der Waals surface area contributed by atoms with Crippen molar-refractivity contribution in [3.05, 3.63) is 41.8 Å². The molecule has 1 unspecified atom stereocenters. The first-order chi connectivity index (χ1) is 10.2. The summed E-state index contributed by atoms with van der Waals surface area (Å²) in [6.45, 7) is 8.22. The molecule has 0 radical (unpaired) electrons. The van der Waals surface area contributed by atoms with Crippen LogP contribution in [0.25, 0.3) is 0 Å². The lowest BCUT2D eigenvalue weighted by molar-refractivity contribution is 0.330. The third-order valence-electron chi connectivity index (χ3n) is 3.53. The zero-order valence-electron chi connectivity index (χ0n) is 13.1. The van der Waals surface area contributed by atoms with Gasteiger partial charge in [-0.25, -0.2) is 0 Å². The summed E-state index contributed by atoms with van der Waals surface area (Å²) in [5.74, 6) is 1.31. The SMILES string of the molecule is CCCNCc1coc(Oc2ccc(C(C)CC)cc2)n1. The van der Waals surface area contributed by atoms with Gasteiger partial charge in [-0.2, -0.15) is 4.98 Å². The normalized spacial score (nSPS) is 12.3. The molecule has 1 N–H and O–H groups in total. The molecule has 4 heteroatoms. The monoisotopic (exact) mass is 288 g/mol. The van der Waals surface area contributed by atoms with E-state index in [2.05, 4.69) is 43.2 Å². The molecule has 2 aromatic rings. The first kappa shape index (κ1) is 15.6. The summed E-state index contributed by atoms with van der Waals surface area (Å²) < 4.78 is 11.0. The highest BCUT2D eigenvalue weighted by molar-refractivity contribution is 5.30. The van der Waals surface area contributed by atoms with Crippen LogP contribution < -0.4 is 10.1 Å². The standard InChI is InChI=1S/C17H24N2O2/c1-4-10-18-11-15-12-20-17(19-15)21-16-8-6-14(7-9-16)13(3)5-2/h6-9,12-13,18H,4-5,10-11H2,1-3H3. The van der Waals surface area contributed by atoms with Crippen molar-refractivity contribution in [2.45, 2.75) is 46.1 Å². The van der Waals surface area contributed by atoms with Gasteiger partial charge in [-0.05, 0) is 43.0 Å². The van der Waals surface area contributed by atoms with Gasteiger partial charge in [0.05, 0.1) is 5.69 Å². The van der Waals surface area contributed by atoms with Crippen molar-refractivity contribution in [2.75, 3.05) is 6.54 Å². The molecule has 1 aromatic heterocycles. The second-order valence-electron chi connectivity index (χ2n) is 5.26. The summed E-state index contributed by atoms with van der Waals surface area (Å²) >= 11 is 0. The molecule has 0 bridgehead atoms. The minimum atomic E-state index is 0.291. The first-order valence-electron chi connectivity index (χ1n) is 7.65. The first-order valence-corrected chi connectivity index (χ1v) is 7.65. The van der Waals surface area contributed by atoms with E-state index in [9.17, 15) is 0 Å². The topological polar surface area (TPSA) is 47.3 Å². The number of nitrogens with zero attached hydrogens (tertiary/aromatic N) is 1. The van der Waals surface area contributed by atoms with Crippen LogP contribution in [0.2, 0.25) is 0 Å². The quantitative estimate of drug-likeness (QED) is 0.727. The van der Waals surface area contributed by atoms with Crippen molar-refractivity contribution in [1.29, 1.82) is 0 Å². The van der Waals surface area contributed by atoms with E-state index in [1.54, 1.807) is 6.26 Å². The molecular formula is C17H24N2O2. The Kier molecular flexibility index (Phi) is 5.81. The van der Waals surface area contributed by atoms with Gasteiger partial charge in [-0.3, -0.25) is 0 Å². The Morgan fingerprint density at radius 2 is 2.00 bits per heavy atom. The maximum Gasteiger partial charge on any atom is 0.399 e. The molecule has 1 atom stereocenters. The molecule has 1 aromatic carbocycles. The Morgan fingerprint density at radius 3 is 2.67 bits per heavy atom. The Labute approximate surface area is 126 Å². The summed E-state index contributed by atoms with van der Waals surface area (Å²) in [6, 6.07) is 8.10. The molecular weight excluding hydrogens is 264 g/mol. The van der Waals surface area contributed by atoms with Crippen LogP contribution in [0, 0.1) is 0 Å². The van der Waals surface area contributed by atoms with E-state index in [1.165, 1.54) is 5.56 Å². The van der Waals surface area contributed by atoms with Gasteiger partial charge in [0.15, 0.2) is 0 Å². The minimum Gasteiger partial charge on any atom is -0.417 e. The van der Waals surface area contributed by atoms with Crippen LogP contribution in [0.1, 0.15) is 50.8 Å². The largest absolute Gasteiger partial charge is 0.417 e. The Hall–Kier alpha value is -1.81. The number of nitrogens with one attached hydrogen (secondary N) is 1. The summed E-state index contributed by atoms with van der Waals surface area (Å²) in [5.41, 5.74) is 2.18. The van der Waals surface area contributed by atoms with E-state index >= 15 is 0 Å². The van der Waals surface area contributed by atoms with E-state index in [0.29, 0.717) is 18.5 Å². The van der Waals surface area contributed by atoms with Crippen molar-refractivity contribution in [2.24, 2.45) is 0 Å². The molecule has 0 saturated carbocycles. The minimum absolute atomic E-state index is 0.291. The van der Waals surface area contributed by atoms with Gasteiger partial charge < -0.3 is 14.5 Å². The smallest absolute Gasteiger partial charge is 0.399 e. The van der Waals surface area contributed by atoms with Crippen LogP contribution in [-0.4, -0.2) is 11.5 Å². The zero-order chi connectivity index (χ0) is 15.1. The number of oxazole rings is 1. The molecule has 0 spiro atoms. The van der Waals surface area contributed by atoms with E-state index in [4.69, 9.17) is 9.15 Å². The summed E-state index contributed by atoms with van der Waals surface area (Å²) in [6.07, 6.45) is 4.16. The van der Waals surface area contributed by atoms with Crippen molar-refractivity contribution in [1.82, 2.24) is 10.3 Å². The third-order valence-corrected chi connectivity index (χ3v) is 3.53. The molecule has 1 heterocycles. The van der Waals surface area contributed by atoms with E-state index in [1.807, 2.05) is 12.1 Å². The van der Waals surface area contributed by atoms with E-state index in [0.717, 1.165) is 30.8 Å². The third kappa shape index (κ3) is 4.60. The van der Waals surface area contributed by atoms with Crippen LogP contribution in [-0.2, 0) is 6.54 Å². The molecule has 0 aliphatic rings. The Bertz CT molecular complexity index is 534. The molecule has 0 aliphatic heterocycles. The lowest BCUT2D eigenvalue weighted by Gasteiger charge is -2.09. The maximum absolute atomic E-state index is 5.63. The molecule has 4 nitrogen and oxygen atoms in total. The van der Waals surface area contributed by atoms with Gasteiger partial charge in [0.2, 0.25) is 0 Å². The number of rotatable bonds is 8. The van der Waals surface area contributed by atoms with Crippen molar-refractivity contribution < 1.29 is 9.15 Å². The molecule has 0 fully saturated rings. The highest BCUT2D eigenvalue weighted by atomic mass is 16.6. The Morgan fingerprint density at radius 1 is 1.24 bits per heavy atom. The fraction of sp³-hybridized carbons (Fsp3) is 0.471. The molecule has 21 heavy (non-hydrogen) atoms. The van der Waals surface area contributed by atoms with Gasteiger partial charge in [0, 0.05) is 6.54 Å². The summed E-state index contributed by atoms with van der Waals surface area (Å²) in [7, 11) is 0. The molecule has 114 valence electrons. The highest BCUT2D eigenvalue weighted by Gasteiger charge is 2.07. The van der Waals surface area contributed by atoms with Crippen LogP contribution in [0.5, 0.6) is 11.8 Å². The average Bonchev–Trinajstić information content (AvgIpc) is 2.95. The number of ether oxygens (including phenoxy) is 1. The highest BCUT2D eigenvalue weighted by Crippen LogP contribution is 2.24. The fourth-order valence-corrected chi connectivity index (χ4v) is 2.01. The van der Waals surface area contributed by atoms with E-state index < -0.39 is 0 Å². The fourth-order valence-electron chi connectivity index (χ4n) is 2.01. The predicted molar refractivity (Wildman–Crippen MR) is 83.7 cm³/mol. The van der Waals surface area contributed by atoms with Crippen molar-refractivity contribution in [3.8, 4) is 11.8 Å². The van der Waals surface area contributed by atoms with Crippen LogP contribution in [0.4, 0.5) is 0 Å². The predicted octanol–water partition coefficient (Wildman–Crippen LogP) is 4.48. The molecule has 2 rings (SSSR count). The van der Waals surface area contributed by atoms with Crippen molar-refractivity contribution >= 4 is 0 Å². The zero-order valence-corrected chi connectivity index (χ0v) is 13.1. The lowest BCUT2D eigenvalue weighted by Crippen LogP contribution is -2.13. The maximum atomic E-state index is 5.63. The summed E-state index contributed by atoms with van der Waals surface area (Å²) in [5, 5.41) is 3.28. The lowest BCUT2D eigenvalue weighted by atomic mass is 9.99. The van der Waals surface area contributed by atoms with Gasteiger partial charge in [-0.15, -0.1) is 0 Å². The van der Waals surface area contributed by atoms with Crippen molar-refractivity contribution in [3.63, 3.8) is 0 Å². The summed E-state index contributed by atoms with van der Waals surface area (Å²) in [4.78, 5) is 4.30. The molecule has 0 saturated heterocycles. The van der Waals surface area contributed by atoms with Gasteiger partial charge in [-0.1, -0.05) is 32.9 Å². The second-order valence-corrected chi connectivity index (χ2v) is 5.26. The number of hydrogen-bond donors (Lipinski definition) is 1. The second kappa shape index (κ2) is 7.84. The van der Waals surface area contributed by atoms with Crippen LogP contribution >= 0.6 is 0 Å². The van der Waals surface area contributed by atoms with Crippen LogP contribution in [0.15, 0.2) is 34.9 Å². The molecule has 0 amide bonds. The number of hydrogen-bond acceptors (Lipinski definition) is 4. The average molecular weight is 288 g/mol. The van der Waals surface area contributed by atoms with Crippen LogP contribution in [0.3, 0.4) is 0 Å². The number of benzene rings is 1. The Balaban J connectivity index is 1.92. The van der Waals surface area contributed by atoms with Gasteiger partial charge in [0.1, 0.15) is 12.0 Å². The van der Waals surface area contributed by atoms with Gasteiger partial charge >= 0.3 is 6.08 Å². The number of aromatic nitrogens is 1. The molecule has 0 aliphatic carbocycles.